The fraction of sp³-hybridized carbons (Fsp3) is 0.667. The van der Waals surface area contributed by atoms with E-state index in [0.29, 0.717) is 0 Å². The summed E-state index contributed by atoms with van der Waals surface area (Å²) < 4.78 is 35.4. The molecule has 3 amide bonds. The fourth-order valence-corrected chi connectivity index (χ4v) is 1.20. The van der Waals surface area contributed by atoms with Gasteiger partial charge in [-0.3, -0.25) is 4.79 Å². The van der Waals surface area contributed by atoms with Crippen molar-refractivity contribution in [3.05, 3.63) is 0 Å². The molecule has 0 fully saturated rings. The van der Waals surface area contributed by atoms with Crippen LogP contribution in [0, 0.1) is 0 Å². The summed E-state index contributed by atoms with van der Waals surface area (Å²) in [7, 11) is 0. The molecule has 0 radical (unpaired) electrons. The number of amides is 3. The van der Waals surface area contributed by atoms with Gasteiger partial charge >= 0.3 is 24.1 Å². The van der Waals surface area contributed by atoms with E-state index in [1.165, 1.54) is 0 Å². The lowest BCUT2D eigenvalue weighted by molar-refractivity contribution is -0.173. The van der Waals surface area contributed by atoms with Crippen LogP contribution >= 0.6 is 0 Å². The van der Waals surface area contributed by atoms with Crippen LogP contribution in [0.25, 0.3) is 0 Å². The molecular weight excluding hydrogens is 271 g/mol. The Morgan fingerprint density at radius 2 is 1.79 bits per heavy atom. The molecular formula is C9H14F3N3O4. The van der Waals surface area contributed by atoms with Crippen molar-refractivity contribution < 1.29 is 32.7 Å². The number of primary amides is 1. The molecule has 0 aliphatic rings. The number of carboxylic acids is 1. The van der Waals surface area contributed by atoms with Crippen LogP contribution < -0.4 is 16.4 Å². The Bertz CT molecular complexity index is 346. The van der Waals surface area contributed by atoms with Crippen molar-refractivity contribution >= 4 is 17.9 Å². The van der Waals surface area contributed by atoms with Crippen LogP contribution in [0.3, 0.4) is 0 Å². The van der Waals surface area contributed by atoms with Crippen molar-refractivity contribution in [2.45, 2.75) is 31.5 Å². The second kappa shape index (κ2) is 7.44. The number of alkyl halides is 3. The molecule has 5 N–H and O–H groups in total. The van der Waals surface area contributed by atoms with Crippen LogP contribution in [0.15, 0.2) is 0 Å². The second-order valence-electron chi connectivity index (χ2n) is 3.65. The highest BCUT2D eigenvalue weighted by Crippen LogP contribution is 2.14. The normalized spacial score (nSPS) is 12.6. The first-order chi connectivity index (χ1) is 8.64. The minimum Gasteiger partial charge on any atom is -0.480 e. The standard InChI is InChI=1S/C9H14F3N3O4/c10-9(11,12)7(18)14-4-2-1-3-5(6(16)17)15-8(13)19/h5H,1-4H2,(H,14,18)(H,16,17)(H3,13,15,19)/t5-/m0/s1. The number of aliphatic carboxylic acids is 1. The Morgan fingerprint density at radius 3 is 2.21 bits per heavy atom. The minimum atomic E-state index is -4.93. The van der Waals surface area contributed by atoms with Crippen LogP contribution in [0.5, 0.6) is 0 Å². The number of halogens is 3. The van der Waals surface area contributed by atoms with Crippen molar-refractivity contribution in [1.82, 2.24) is 10.6 Å². The predicted molar refractivity (Wildman–Crippen MR) is 57.1 cm³/mol. The number of unbranched alkanes of at least 4 members (excludes halogenated alkanes) is 1. The first-order valence-corrected chi connectivity index (χ1v) is 5.28. The van der Waals surface area contributed by atoms with Crippen molar-refractivity contribution in [2.75, 3.05) is 6.54 Å². The zero-order valence-electron chi connectivity index (χ0n) is 9.79. The number of carboxylic acid groups (broad SMARTS) is 1. The molecule has 0 bridgehead atoms. The van der Waals surface area contributed by atoms with E-state index < -0.39 is 30.1 Å². The van der Waals surface area contributed by atoms with E-state index in [9.17, 15) is 27.6 Å². The maximum Gasteiger partial charge on any atom is 0.471 e. The van der Waals surface area contributed by atoms with Crippen molar-refractivity contribution in [2.24, 2.45) is 5.73 Å². The van der Waals surface area contributed by atoms with Gasteiger partial charge < -0.3 is 21.5 Å². The summed E-state index contributed by atoms with van der Waals surface area (Å²) in [5, 5.41) is 12.3. The molecule has 110 valence electrons. The van der Waals surface area contributed by atoms with E-state index in [2.05, 4.69) is 0 Å². The quantitative estimate of drug-likeness (QED) is 0.490. The van der Waals surface area contributed by atoms with E-state index in [4.69, 9.17) is 10.8 Å². The lowest BCUT2D eigenvalue weighted by Gasteiger charge is -2.12. The van der Waals surface area contributed by atoms with Crippen LogP contribution in [0.4, 0.5) is 18.0 Å². The number of nitrogens with one attached hydrogen (secondary N) is 2. The van der Waals surface area contributed by atoms with Gasteiger partial charge in [-0.1, -0.05) is 0 Å². The molecule has 1 atom stereocenters. The number of hydrogen-bond acceptors (Lipinski definition) is 3. The Labute approximate surface area is 106 Å². The molecule has 0 aromatic heterocycles. The number of urea groups is 1. The van der Waals surface area contributed by atoms with Gasteiger partial charge in [0, 0.05) is 6.54 Å². The molecule has 0 saturated heterocycles. The highest BCUT2D eigenvalue weighted by molar-refractivity contribution is 5.82. The number of hydrogen-bond donors (Lipinski definition) is 4. The number of nitrogens with two attached hydrogens (primary N) is 1. The molecule has 0 heterocycles. The molecule has 0 unspecified atom stereocenters. The number of carbonyl (C=O) groups is 3. The first-order valence-electron chi connectivity index (χ1n) is 5.28. The maximum absolute atomic E-state index is 11.8. The summed E-state index contributed by atoms with van der Waals surface area (Å²) in [6.45, 7) is -0.235. The van der Waals surface area contributed by atoms with Crippen molar-refractivity contribution in [1.29, 1.82) is 0 Å². The minimum absolute atomic E-state index is 0.000160. The van der Waals surface area contributed by atoms with Crippen LogP contribution in [0.2, 0.25) is 0 Å². The van der Waals surface area contributed by atoms with E-state index >= 15 is 0 Å². The summed E-state index contributed by atoms with van der Waals surface area (Å²) in [5.41, 5.74) is 4.75. The summed E-state index contributed by atoms with van der Waals surface area (Å²) in [5.74, 6) is -3.34. The third-order valence-electron chi connectivity index (χ3n) is 2.08. The zero-order chi connectivity index (χ0) is 15.1. The lowest BCUT2D eigenvalue weighted by Crippen LogP contribution is -2.43. The summed E-state index contributed by atoms with van der Waals surface area (Å²) in [6.07, 6.45) is -4.58. The number of rotatable bonds is 7. The van der Waals surface area contributed by atoms with Crippen LogP contribution in [0.1, 0.15) is 19.3 Å². The van der Waals surface area contributed by atoms with E-state index in [-0.39, 0.29) is 25.8 Å². The van der Waals surface area contributed by atoms with Gasteiger partial charge in [-0.05, 0) is 19.3 Å². The van der Waals surface area contributed by atoms with Crippen molar-refractivity contribution in [3.8, 4) is 0 Å². The van der Waals surface area contributed by atoms with Gasteiger partial charge in [0.2, 0.25) is 0 Å². The van der Waals surface area contributed by atoms with E-state index in [0.717, 1.165) is 0 Å². The largest absolute Gasteiger partial charge is 0.480 e. The summed E-state index contributed by atoms with van der Waals surface area (Å²) in [4.78, 5) is 31.5. The topological polar surface area (TPSA) is 122 Å². The predicted octanol–water partition coefficient (Wildman–Crippen LogP) is -0.0433. The van der Waals surface area contributed by atoms with Crippen LogP contribution in [-0.2, 0) is 9.59 Å². The lowest BCUT2D eigenvalue weighted by atomic mass is 10.1. The molecule has 0 saturated carbocycles. The average molecular weight is 285 g/mol. The second-order valence-corrected chi connectivity index (χ2v) is 3.65. The molecule has 0 aliphatic heterocycles. The van der Waals surface area contributed by atoms with Crippen molar-refractivity contribution in [3.63, 3.8) is 0 Å². The molecule has 0 rings (SSSR count). The fourth-order valence-electron chi connectivity index (χ4n) is 1.20. The Kier molecular flexibility index (Phi) is 6.66. The smallest absolute Gasteiger partial charge is 0.471 e. The molecule has 7 nitrogen and oxygen atoms in total. The average Bonchev–Trinajstić information content (AvgIpc) is 2.24. The Morgan fingerprint density at radius 1 is 1.21 bits per heavy atom. The molecule has 0 aromatic rings. The highest BCUT2D eigenvalue weighted by Gasteiger charge is 2.38. The van der Waals surface area contributed by atoms with Gasteiger partial charge in [0.25, 0.3) is 0 Å². The zero-order valence-corrected chi connectivity index (χ0v) is 9.79. The van der Waals surface area contributed by atoms with Gasteiger partial charge in [0.1, 0.15) is 6.04 Å². The maximum atomic E-state index is 11.8. The van der Waals surface area contributed by atoms with E-state index in [1.807, 2.05) is 5.32 Å². The monoisotopic (exact) mass is 285 g/mol. The summed E-state index contributed by atoms with van der Waals surface area (Å²) >= 11 is 0. The van der Waals surface area contributed by atoms with Gasteiger partial charge in [-0.25, -0.2) is 9.59 Å². The van der Waals surface area contributed by atoms with Gasteiger partial charge in [-0.15, -0.1) is 0 Å². The molecule has 0 aromatic carbocycles. The molecule has 0 aliphatic carbocycles. The van der Waals surface area contributed by atoms with Gasteiger partial charge in [0.05, 0.1) is 0 Å². The van der Waals surface area contributed by atoms with Gasteiger partial charge in [-0.2, -0.15) is 13.2 Å². The Balaban J connectivity index is 3.87. The van der Waals surface area contributed by atoms with Gasteiger partial charge in [0.15, 0.2) is 0 Å². The highest BCUT2D eigenvalue weighted by atomic mass is 19.4. The molecule has 0 spiro atoms. The number of carbonyl (C=O) groups excluding carboxylic acids is 2. The Hall–Kier alpha value is -2.00. The molecule has 10 heteroatoms. The SMILES string of the molecule is NC(=O)N[C@@H](CCCCNC(=O)C(F)(F)F)C(=O)O. The van der Waals surface area contributed by atoms with E-state index in [1.54, 1.807) is 5.32 Å². The third kappa shape index (κ3) is 7.84. The van der Waals surface area contributed by atoms with Crippen LogP contribution in [-0.4, -0.2) is 41.8 Å². The molecule has 19 heavy (non-hydrogen) atoms. The summed E-state index contributed by atoms with van der Waals surface area (Å²) in [6, 6.07) is -2.20. The third-order valence-corrected chi connectivity index (χ3v) is 2.08. The first kappa shape index (κ1) is 17.0.